The lowest BCUT2D eigenvalue weighted by atomic mass is 10.0. The van der Waals surface area contributed by atoms with E-state index in [1.54, 1.807) is 13.1 Å². The van der Waals surface area contributed by atoms with E-state index in [0.29, 0.717) is 18.7 Å². The molecule has 0 unspecified atom stereocenters. The molecule has 116 valence electrons. The normalized spacial score (nSPS) is 16.9. The van der Waals surface area contributed by atoms with Gasteiger partial charge in [0.1, 0.15) is 0 Å². The van der Waals surface area contributed by atoms with Gasteiger partial charge in [-0.2, -0.15) is 0 Å². The van der Waals surface area contributed by atoms with E-state index in [0.717, 1.165) is 32.0 Å². The second-order valence-corrected chi connectivity index (χ2v) is 5.32. The van der Waals surface area contributed by atoms with Crippen LogP contribution in [0.1, 0.15) is 18.4 Å². The van der Waals surface area contributed by atoms with E-state index >= 15 is 0 Å². The summed E-state index contributed by atoms with van der Waals surface area (Å²) in [7, 11) is 1.63. The van der Waals surface area contributed by atoms with E-state index in [2.05, 4.69) is 15.5 Å². The molecule has 1 aliphatic rings. The number of hydrogen-bond acceptors (Lipinski definition) is 3. The second-order valence-electron chi connectivity index (χ2n) is 5.32. The molecular formula is C15H21F2N3O. The lowest BCUT2D eigenvalue weighted by Crippen LogP contribution is -2.45. The lowest BCUT2D eigenvalue weighted by molar-refractivity contribution is -0.122. The van der Waals surface area contributed by atoms with Gasteiger partial charge in [0, 0.05) is 38.3 Å². The number of benzene rings is 1. The van der Waals surface area contributed by atoms with E-state index in [4.69, 9.17) is 0 Å². The molecule has 2 N–H and O–H groups in total. The van der Waals surface area contributed by atoms with Crippen LogP contribution >= 0.6 is 0 Å². The van der Waals surface area contributed by atoms with Crippen LogP contribution in [-0.2, 0) is 11.3 Å². The number of piperidine rings is 1. The van der Waals surface area contributed by atoms with Crippen LogP contribution < -0.4 is 10.6 Å². The molecule has 1 aromatic rings. The Bertz CT molecular complexity index is 488. The number of carbonyl (C=O) groups is 1. The minimum absolute atomic E-state index is 0.0169. The van der Waals surface area contributed by atoms with Gasteiger partial charge in [0.25, 0.3) is 0 Å². The molecule has 0 bridgehead atoms. The van der Waals surface area contributed by atoms with Crippen molar-refractivity contribution >= 4 is 5.91 Å². The highest BCUT2D eigenvalue weighted by atomic mass is 19.2. The molecule has 0 aromatic heterocycles. The fraction of sp³-hybridized carbons (Fsp3) is 0.533. The zero-order valence-electron chi connectivity index (χ0n) is 12.2. The highest BCUT2D eigenvalue weighted by Crippen LogP contribution is 2.14. The van der Waals surface area contributed by atoms with Gasteiger partial charge in [-0.1, -0.05) is 12.1 Å². The molecule has 21 heavy (non-hydrogen) atoms. The van der Waals surface area contributed by atoms with Crippen molar-refractivity contribution in [3.05, 3.63) is 35.4 Å². The third-order valence-corrected chi connectivity index (χ3v) is 3.85. The summed E-state index contributed by atoms with van der Waals surface area (Å²) in [6, 6.07) is 4.50. The van der Waals surface area contributed by atoms with Crippen LogP contribution in [0.5, 0.6) is 0 Å². The summed E-state index contributed by atoms with van der Waals surface area (Å²) in [4.78, 5) is 13.4. The summed E-state index contributed by atoms with van der Waals surface area (Å²) in [5.74, 6) is -1.57. The summed E-state index contributed by atoms with van der Waals surface area (Å²) >= 11 is 0. The summed E-state index contributed by atoms with van der Waals surface area (Å²) in [6.45, 7) is 2.40. The van der Waals surface area contributed by atoms with Crippen LogP contribution in [-0.4, -0.2) is 43.5 Å². The Morgan fingerprint density at radius 2 is 2.05 bits per heavy atom. The first-order valence-corrected chi connectivity index (χ1v) is 7.19. The Morgan fingerprint density at radius 1 is 1.33 bits per heavy atom. The maximum atomic E-state index is 13.5. The average Bonchev–Trinajstić information content (AvgIpc) is 2.50. The lowest BCUT2D eigenvalue weighted by Gasteiger charge is -2.31. The Kier molecular flexibility index (Phi) is 5.64. The van der Waals surface area contributed by atoms with Crippen molar-refractivity contribution in [3.8, 4) is 0 Å². The zero-order chi connectivity index (χ0) is 15.2. The number of hydrogen-bond donors (Lipinski definition) is 2. The molecule has 2 rings (SSSR count). The number of amides is 1. The van der Waals surface area contributed by atoms with Gasteiger partial charge in [0.15, 0.2) is 11.6 Å². The molecule has 1 amide bonds. The Morgan fingerprint density at radius 3 is 2.71 bits per heavy atom. The van der Waals surface area contributed by atoms with Crippen LogP contribution in [0.2, 0.25) is 0 Å². The van der Waals surface area contributed by atoms with Crippen molar-refractivity contribution in [3.63, 3.8) is 0 Å². The van der Waals surface area contributed by atoms with Crippen LogP contribution in [0.4, 0.5) is 8.78 Å². The van der Waals surface area contributed by atoms with Crippen LogP contribution in [0.3, 0.4) is 0 Å². The maximum Gasteiger partial charge on any atom is 0.233 e. The Balaban J connectivity index is 1.76. The highest BCUT2D eigenvalue weighted by molar-refractivity contribution is 5.77. The van der Waals surface area contributed by atoms with Crippen LogP contribution in [0.25, 0.3) is 0 Å². The van der Waals surface area contributed by atoms with Gasteiger partial charge >= 0.3 is 0 Å². The SMILES string of the molecule is CNC(=O)CN1CCC(NCc2cccc(F)c2F)CC1. The van der Waals surface area contributed by atoms with Gasteiger partial charge in [-0.05, 0) is 18.9 Å². The number of nitrogens with zero attached hydrogens (tertiary/aromatic N) is 1. The van der Waals surface area contributed by atoms with Crippen molar-refractivity contribution in [1.82, 2.24) is 15.5 Å². The first-order chi connectivity index (χ1) is 10.1. The summed E-state index contributed by atoms with van der Waals surface area (Å²) in [5, 5.41) is 5.87. The summed E-state index contributed by atoms with van der Waals surface area (Å²) in [5.41, 5.74) is 0.350. The molecule has 0 aliphatic carbocycles. The molecule has 1 aliphatic heterocycles. The van der Waals surface area contributed by atoms with Gasteiger partial charge < -0.3 is 10.6 Å². The molecule has 0 radical (unpaired) electrons. The summed E-state index contributed by atoms with van der Waals surface area (Å²) in [6.07, 6.45) is 1.79. The average molecular weight is 297 g/mol. The highest BCUT2D eigenvalue weighted by Gasteiger charge is 2.20. The molecule has 1 saturated heterocycles. The number of carbonyl (C=O) groups excluding carboxylic acids is 1. The van der Waals surface area contributed by atoms with Crippen molar-refractivity contribution in [2.45, 2.75) is 25.4 Å². The van der Waals surface area contributed by atoms with Gasteiger partial charge in [0.05, 0.1) is 6.54 Å². The van der Waals surface area contributed by atoms with E-state index < -0.39 is 11.6 Å². The summed E-state index contributed by atoms with van der Waals surface area (Å²) < 4.78 is 26.6. The van der Waals surface area contributed by atoms with Gasteiger partial charge in [-0.25, -0.2) is 8.78 Å². The Hall–Kier alpha value is -1.53. The minimum atomic E-state index is -0.810. The zero-order valence-corrected chi connectivity index (χ0v) is 12.2. The van der Waals surface area contributed by atoms with E-state index in [1.165, 1.54) is 6.07 Å². The molecule has 4 nitrogen and oxygen atoms in total. The van der Waals surface area contributed by atoms with E-state index in [-0.39, 0.29) is 11.9 Å². The van der Waals surface area contributed by atoms with Crippen LogP contribution in [0.15, 0.2) is 18.2 Å². The Labute approximate surface area is 123 Å². The number of nitrogens with one attached hydrogen (secondary N) is 2. The third-order valence-electron chi connectivity index (χ3n) is 3.85. The van der Waals surface area contributed by atoms with Crippen molar-refractivity contribution < 1.29 is 13.6 Å². The van der Waals surface area contributed by atoms with Crippen molar-refractivity contribution in [1.29, 1.82) is 0 Å². The molecule has 1 aromatic carbocycles. The monoisotopic (exact) mass is 297 g/mol. The first kappa shape index (κ1) is 15.9. The third kappa shape index (κ3) is 4.47. The predicted molar refractivity (Wildman–Crippen MR) is 76.7 cm³/mol. The van der Waals surface area contributed by atoms with Gasteiger partial charge in [-0.3, -0.25) is 9.69 Å². The largest absolute Gasteiger partial charge is 0.358 e. The second kappa shape index (κ2) is 7.47. The predicted octanol–water partition coefficient (Wildman–Crippen LogP) is 1.26. The fourth-order valence-electron chi connectivity index (χ4n) is 2.52. The first-order valence-electron chi connectivity index (χ1n) is 7.19. The van der Waals surface area contributed by atoms with Gasteiger partial charge in [0.2, 0.25) is 5.91 Å². The molecule has 0 atom stereocenters. The minimum Gasteiger partial charge on any atom is -0.358 e. The molecule has 1 heterocycles. The molecular weight excluding hydrogens is 276 g/mol. The number of likely N-dealkylation sites (N-methyl/N-ethyl adjacent to an activating group) is 1. The van der Waals surface area contributed by atoms with Gasteiger partial charge in [-0.15, -0.1) is 0 Å². The molecule has 6 heteroatoms. The molecule has 0 spiro atoms. The standard InChI is InChI=1S/C15H21F2N3O/c1-18-14(21)10-20-7-5-12(6-8-20)19-9-11-3-2-4-13(16)15(11)17/h2-4,12,19H,5-10H2,1H3,(H,18,21). The van der Waals surface area contributed by atoms with E-state index in [9.17, 15) is 13.6 Å². The fourth-order valence-corrected chi connectivity index (χ4v) is 2.52. The molecule has 1 fully saturated rings. The number of likely N-dealkylation sites (tertiary alicyclic amines) is 1. The van der Waals surface area contributed by atoms with Crippen molar-refractivity contribution in [2.24, 2.45) is 0 Å². The maximum absolute atomic E-state index is 13.5. The molecule has 0 saturated carbocycles. The van der Waals surface area contributed by atoms with E-state index in [1.807, 2.05) is 0 Å². The number of rotatable bonds is 5. The van der Waals surface area contributed by atoms with Crippen molar-refractivity contribution in [2.75, 3.05) is 26.7 Å². The quantitative estimate of drug-likeness (QED) is 0.860. The number of halogens is 2. The van der Waals surface area contributed by atoms with Crippen LogP contribution in [0, 0.1) is 11.6 Å². The smallest absolute Gasteiger partial charge is 0.233 e. The topological polar surface area (TPSA) is 44.4 Å².